The molecule has 0 aromatic rings. The fourth-order valence-corrected chi connectivity index (χ4v) is 3.84. The van der Waals surface area contributed by atoms with Crippen LogP contribution in [0.2, 0.25) is 0 Å². The van der Waals surface area contributed by atoms with Crippen LogP contribution in [0.15, 0.2) is 19.8 Å². The van der Waals surface area contributed by atoms with Crippen molar-refractivity contribution in [1.82, 2.24) is 0 Å². The van der Waals surface area contributed by atoms with Gasteiger partial charge in [-0.15, -0.1) is 0 Å². The maximum absolute atomic E-state index is 5.75. The van der Waals surface area contributed by atoms with E-state index in [0.29, 0.717) is 0 Å². The summed E-state index contributed by atoms with van der Waals surface area (Å²) in [6, 6.07) is 0. The van der Waals surface area contributed by atoms with Gasteiger partial charge in [0.1, 0.15) is 0 Å². The van der Waals surface area contributed by atoms with Crippen LogP contribution in [0.3, 0.4) is 0 Å². The minimum atomic E-state index is -1.50. The monoisotopic (exact) mass is 202 g/mol. The van der Waals surface area contributed by atoms with Crippen LogP contribution in [0.4, 0.5) is 0 Å². The van der Waals surface area contributed by atoms with Gasteiger partial charge in [0.25, 0.3) is 0 Å². The normalized spacial score (nSPS) is 17.2. The van der Waals surface area contributed by atoms with E-state index in [1.54, 1.807) is 0 Å². The van der Waals surface area contributed by atoms with E-state index < -0.39 is 20.3 Å². The third-order valence-corrected chi connectivity index (χ3v) is 6.02. The Kier molecular flexibility index (Phi) is 1.66. The van der Waals surface area contributed by atoms with Crippen molar-refractivity contribution >= 4 is 28.8 Å². The Labute approximate surface area is 48.6 Å². The fourth-order valence-electron chi connectivity index (χ4n) is 0.405. The maximum atomic E-state index is 5.75. The van der Waals surface area contributed by atoms with Gasteiger partial charge in [0, 0.05) is 0 Å². The number of hydrogen-bond donors (Lipinski definition) is 0. The third-order valence-electron chi connectivity index (χ3n) is 0.701. The van der Waals surface area contributed by atoms with Gasteiger partial charge in [-0.3, -0.25) is 0 Å². The molecule has 0 atom stereocenters. The third kappa shape index (κ3) is 1.05. The Bertz CT molecular complexity index is 83.7. The van der Waals surface area contributed by atoms with Crippen molar-refractivity contribution in [1.29, 1.82) is 0 Å². The zero-order valence-corrected chi connectivity index (χ0v) is 7.32. The second kappa shape index (κ2) is 2.08. The molecule has 1 heterocycles. The van der Waals surface area contributed by atoms with E-state index in [2.05, 4.69) is 7.67 Å². The average molecular weight is 202 g/mol. The Morgan fingerprint density at radius 3 is 1.83 bits per heavy atom. The second-order valence-corrected chi connectivity index (χ2v) is 9.33. The van der Waals surface area contributed by atoms with E-state index in [-0.39, 0.29) is 0 Å². The van der Waals surface area contributed by atoms with E-state index in [1.807, 2.05) is 12.2 Å². The molecule has 1 aliphatic heterocycles. The molecule has 0 aromatic carbocycles. The van der Waals surface area contributed by atoms with Crippen LogP contribution >= 0.6 is 8.58 Å². The summed E-state index contributed by atoms with van der Waals surface area (Å²) in [5, 5.41) is 0. The average Bonchev–Trinajstić information content (AvgIpc) is 1.86. The molecule has 0 saturated carbocycles. The molecule has 0 saturated heterocycles. The molecular weight excluding hydrogens is 198 g/mol. The molecule has 0 amide bonds. The topological polar surface area (TPSA) is 0 Å². The van der Waals surface area contributed by atoms with Crippen LogP contribution in [-0.4, -0.2) is 20.3 Å². The molecule has 0 aliphatic carbocycles. The van der Waals surface area contributed by atoms with Gasteiger partial charge in [-0.2, -0.15) is 0 Å². The van der Waals surface area contributed by atoms with Crippen molar-refractivity contribution in [2.24, 2.45) is 0 Å². The standard InChI is InChI=1S/C4H4.ClH.In/c1-3-4-2;;/h1-4H;1H;/q;;+1/p-1. The van der Waals surface area contributed by atoms with Gasteiger partial charge in [-0.1, -0.05) is 0 Å². The molecule has 2 heteroatoms. The number of hydrogen-bond acceptors (Lipinski definition) is 0. The molecule has 0 nitrogen and oxygen atoms in total. The molecule has 1 aliphatic rings. The first-order valence-electron chi connectivity index (χ1n) is 1.88. The van der Waals surface area contributed by atoms with Crippen LogP contribution < -0.4 is 0 Å². The van der Waals surface area contributed by atoms with Gasteiger partial charge in [0.2, 0.25) is 0 Å². The van der Waals surface area contributed by atoms with E-state index in [4.69, 9.17) is 8.58 Å². The van der Waals surface area contributed by atoms with Crippen LogP contribution in [0.25, 0.3) is 0 Å². The quantitative estimate of drug-likeness (QED) is 0.557. The summed E-state index contributed by atoms with van der Waals surface area (Å²) in [6.45, 7) is 0. The molecule has 0 bridgehead atoms. The van der Waals surface area contributed by atoms with Crippen LogP contribution in [0.1, 0.15) is 0 Å². The van der Waals surface area contributed by atoms with Gasteiger partial charge in [0.15, 0.2) is 0 Å². The molecule has 0 N–H and O–H groups in total. The summed E-state index contributed by atoms with van der Waals surface area (Å²) in [6.07, 6.45) is 4.07. The van der Waals surface area contributed by atoms with Crippen LogP contribution in [-0.2, 0) is 0 Å². The Hall–Kier alpha value is 0.640. The van der Waals surface area contributed by atoms with Crippen LogP contribution in [0, 0.1) is 0 Å². The van der Waals surface area contributed by atoms with Crippen molar-refractivity contribution < 1.29 is 0 Å². The van der Waals surface area contributed by atoms with Crippen LogP contribution in [0.5, 0.6) is 0 Å². The summed E-state index contributed by atoms with van der Waals surface area (Å²) in [5.74, 6) is 0. The van der Waals surface area contributed by atoms with E-state index in [0.717, 1.165) is 0 Å². The van der Waals surface area contributed by atoms with Crippen molar-refractivity contribution in [3.8, 4) is 0 Å². The zero-order valence-electron chi connectivity index (χ0n) is 3.26. The Morgan fingerprint density at radius 2 is 1.67 bits per heavy atom. The second-order valence-electron chi connectivity index (χ2n) is 1.21. The summed E-state index contributed by atoms with van der Waals surface area (Å²) in [7, 11) is 5.75. The minimum absolute atomic E-state index is 1.50. The van der Waals surface area contributed by atoms with Crippen molar-refractivity contribution in [3.05, 3.63) is 19.8 Å². The van der Waals surface area contributed by atoms with Crippen molar-refractivity contribution in [2.45, 2.75) is 0 Å². The molecule has 6 heavy (non-hydrogen) atoms. The number of rotatable bonds is 0. The molecular formula is C4H4ClIn. The van der Waals surface area contributed by atoms with Gasteiger partial charge in [-0.05, 0) is 0 Å². The summed E-state index contributed by atoms with van der Waals surface area (Å²) in [5.41, 5.74) is 0. The predicted octanol–water partition coefficient (Wildman–Crippen LogP) is 1.42. The summed E-state index contributed by atoms with van der Waals surface area (Å²) < 4.78 is 4.28. The molecule has 0 unspecified atom stereocenters. The first kappa shape index (κ1) is 4.79. The van der Waals surface area contributed by atoms with Crippen molar-refractivity contribution in [2.75, 3.05) is 0 Å². The zero-order chi connectivity index (χ0) is 4.41. The molecule has 0 spiro atoms. The van der Waals surface area contributed by atoms with Gasteiger partial charge in [0.05, 0.1) is 0 Å². The number of halogens is 1. The van der Waals surface area contributed by atoms with Gasteiger partial charge < -0.3 is 0 Å². The predicted molar refractivity (Wildman–Crippen MR) is 29.9 cm³/mol. The molecule has 30 valence electrons. The van der Waals surface area contributed by atoms with E-state index >= 15 is 0 Å². The van der Waals surface area contributed by atoms with E-state index in [9.17, 15) is 0 Å². The summed E-state index contributed by atoms with van der Waals surface area (Å²) >= 11 is -1.50. The Balaban J connectivity index is 2.60. The molecule has 1 rings (SSSR count). The molecule has 0 radical (unpaired) electrons. The SMILES string of the molecule is [Cl][In]1[CH]=CC=[CH]1. The fraction of sp³-hybridized carbons (Fsp3) is 0. The molecule has 0 aromatic heterocycles. The first-order valence-corrected chi connectivity index (χ1v) is 9.86. The van der Waals surface area contributed by atoms with Crippen molar-refractivity contribution in [3.63, 3.8) is 0 Å². The Morgan fingerprint density at radius 1 is 1.17 bits per heavy atom. The molecule has 0 fully saturated rings. The van der Waals surface area contributed by atoms with Gasteiger partial charge in [-0.25, -0.2) is 0 Å². The van der Waals surface area contributed by atoms with E-state index in [1.165, 1.54) is 0 Å². The first-order chi connectivity index (χ1) is 2.89. The summed E-state index contributed by atoms with van der Waals surface area (Å²) in [4.78, 5) is 0. The number of allylic oxidation sites excluding steroid dienone is 2. The van der Waals surface area contributed by atoms with Gasteiger partial charge >= 0.3 is 48.6 Å².